The first-order valence-electron chi connectivity index (χ1n) is 7.22. The monoisotopic (exact) mass is 328 g/mol. The summed E-state index contributed by atoms with van der Waals surface area (Å²) in [6, 6.07) is 14.4. The van der Waals surface area contributed by atoms with Crippen molar-refractivity contribution in [3.8, 4) is 0 Å². The molecule has 24 heavy (non-hydrogen) atoms. The Balaban J connectivity index is 2.11. The molecule has 0 aromatic heterocycles. The van der Waals surface area contributed by atoms with Crippen molar-refractivity contribution < 1.29 is 19.2 Å². The molecule has 1 atom stereocenters. The van der Waals surface area contributed by atoms with Gasteiger partial charge < -0.3 is 10.1 Å². The number of rotatable bonds is 6. The predicted molar refractivity (Wildman–Crippen MR) is 87.3 cm³/mol. The summed E-state index contributed by atoms with van der Waals surface area (Å²) < 4.78 is 5.18. The third-order valence-corrected chi connectivity index (χ3v) is 3.21. The molecule has 1 amide bonds. The number of nitro benzene ring substituents is 1. The minimum absolute atomic E-state index is 0.0749. The fourth-order valence-electron chi connectivity index (χ4n) is 2.14. The number of nitrogens with one attached hydrogen (secondary N) is 1. The molecule has 2 aromatic rings. The SMILES string of the molecule is CC(=O)OC(CC(=O)Nc1ccccc1)c1ccc([N+](=O)[O-])cc1. The first-order chi connectivity index (χ1) is 11.5. The van der Waals surface area contributed by atoms with Gasteiger partial charge in [-0.1, -0.05) is 18.2 Å². The lowest BCUT2D eigenvalue weighted by Crippen LogP contribution is -2.18. The molecule has 0 saturated carbocycles. The van der Waals surface area contributed by atoms with Gasteiger partial charge in [0, 0.05) is 24.7 Å². The van der Waals surface area contributed by atoms with Gasteiger partial charge in [0.25, 0.3) is 5.69 Å². The number of esters is 1. The summed E-state index contributed by atoms with van der Waals surface area (Å²) in [5.41, 5.74) is 1.07. The van der Waals surface area contributed by atoms with Crippen LogP contribution in [0.3, 0.4) is 0 Å². The molecule has 1 N–H and O–H groups in total. The molecule has 124 valence electrons. The van der Waals surface area contributed by atoms with Crippen molar-refractivity contribution in [1.29, 1.82) is 0 Å². The van der Waals surface area contributed by atoms with Crippen molar-refractivity contribution in [2.45, 2.75) is 19.4 Å². The van der Waals surface area contributed by atoms with Gasteiger partial charge in [-0.05, 0) is 29.8 Å². The Morgan fingerprint density at radius 1 is 1.12 bits per heavy atom. The second-order valence-electron chi connectivity index (χ2n) is 5.07. The maximum Gasteiger partial charge on any atom is 0.303 e. The lowest BCUT2D eigenvalue weighted by molar-refractivity contribution is -0.384. The van der Waals surface area contributed by atoms with Crippen LogP contribution in [-0.2, 0) is 14.3 Å². The van der Waals surface area contributed by atoms with E-state index in [0.717, 1.165) is 0 Å². The van der Waals surface area contributed by atoms with E-state index in [1.807, 2.05) is 6.07 Å². The molecule has 0 aliphatic rings. The Kier molecular flexibility index (Phi) is 5.62. The molecule has 0 aliphatic heterocycles. The first-order valence-corrected chi connectivity index (χ1v) is 7.22. The Hall–Kier alpha value is -3.22. The number of nitro groups is 1. The van der Waals surface area contributed by atoms with Crippen LogP contribution < -0.4 is 5.32 Å². The van der Waals surface area contributed by atoms with Crippen molar-refractivity contribution in [2.24, 2.45) is 0 Å². The topological polar surface area (TPSA) is 98.5 Å². The number of amides is 1. The van der Waals surface area contributed by atoms with Crippen LogP contribution in [0.1, 0.15) is 25.0 Å². The highest BCUT2D eigenvalue weighted by Crippen LogP contribution is 2.24. The smallest absolute Gasteiger partial charge is 0.303 e. The van der Waals surface area contributed by atoms with Crippen molar-refractivity contribution in [2.75, 3.05) is 5.32 Å². The van der Waals surface area contributed by atoms with Crippen LogP contribution in [0, 0.1) is 10.1 Å². The highest BCUT2D eigenvalue weighted by Gasteiger charge is 2.20. The van der Waals surface area contributed by atoms with E-state index in [2.05, 4.69) is 5.32 Å². The molecule has 0 spiro atoms. The molecule has 0 bridgehead atoms. The molecular formula is C17H16N2O5. The molecule has 2 aromatic carbocycles. The number of carbonyl (C=O) groups is 2. The summed E-state index contributed by atoms with van der Waals surface area (Å²) in [5, 5.41) is 13.4. The molecule has 0 aliphatic carbocycles. The van der Waals surface area contributed by atoms with Crippen LogP contribution in [0.25, 0.3) is 0 Å². The third-order valence-electron chi connectivity index (χ3n) is 3.21. The van der Waals surface area contributed by atoms with Crippen LogP contribution in [0.4, 0.5) is 11.4 Å². The zero-order valence-electron chi connectivity index (χ0n) is 13.0. The van der Waals surface area contributed by atoms with Crippen molar-refractivity contribution in [3.05, 3.63) is 70.3 Å². The van der Waals surface area contributed by atoms with Gasteiger partial charge in [-0.2, -0.15) is 0 Å². The standard InChI is InChI=1S/C17H16N2O5/c1-12(20)24-16(13-7-9-15(10-8-13)19(22)23)11-17(21)18-14-5-3-2-4-6-14/h2-10,16H,11H2,1H3,(H,18,21). The molecule has 0 fully saturated rings. The summed E-state index contributed by atoms with van der Waals surface area (Å²) in [5.74, 6) is -0.864. The number of hydrogen-bond acceptors (Lipinski definition) is 5. The van der Waals surface area contributed by atoms with Gasteiger partial charge in [-0.3, -0.25) is 19.7 Å². The number of anilines is 1. The average molecular weight is 328 g/mol. The minimum atomic E-state index is -0.813. The highest BCUT2D eigenvalue weighted by atomic mass is 16.6. The quantitative estimate of drug-likeness (QED) is 0.498. The van der Waals surface area contributed by atoms with Gasteiger partial charge in [0.2, 0.25) is 5.91 Å². The van der Waals surface area contributed by atoms with Crippen molar-refractivity contribution >= 4 is 23.3 Å². The maximum absolute atomic E-state index is 12.1. The maximum atomic E-state index is 12.1. The van der Waals surface area contributed by atoms with Crippen LogP contribution in [-0.4, -0.2) is 16.8 Å². The van der Waals surface area contributed by atoms with E-state index in [1.54, 1.807) is 24.3 Å². The molecule has 2 rings (SSSR count). The van der Waals surface area contributed by atoms with Gasteiger partial charge in [0.15, 0.2) is 0 Å². The number of hydrogen-bond donors (Lipinski definition) is 1. The minimum Gasteiger partial charge on any atom is -0.457 e. The van der Waals surface area contributed by atoms with Gasteiger partial charge in [-0.15, -0.1) is 0 Å². The molecule has 0 radical (unpaired) electrons. The Morgan fingerprint density at radius 3 is 2.29 bits per heavy atom. The van der Waals surface area contributed by atoms with E-state index in [-0.39, 0.29) is 18.0 Å². The molecule has 7 heteroatoms. The molecular weight excluding hydrogens is 312 g/mol. The zero-order valence-corrected chi connectivity index (χ0v) is 13.0. The van der Waals surface area contributed by atoms with Gasteiger partial charge in [0.1, 0.15) is 6.10 Å². The number of nitrogens with zero attached hydrogens (tertiary/aromatic N) is 1. The largest absolute Gasteiger partial charge is 0.457 e. The normalized spacial score (nSPS) is 11.4. The van der Waals surface area contributed by atoms with Gasteiger partial charge >= 0.3 is 5.97 Å². The summed E-state index contributed by atoms with van der Waals surface area (Å²) in [4.78, 5) is 33.6. The third kappa shape index (κ3) is 4.91. The van der Waals surface area contributed by atoms with E-state index < -0.39 is 17.0 Å². The first kappa shape index (κ1) is 17.1. The van der Waals surface area contributed by atoms with E-state index in [0.29, 0.717) is 11.3 Å². The number of carbonyl (C=O) groups excluding carboxylic acids is 2. The van der Waals surface area contributed by atoms with Crippen molar-refractivity contribution in [1.82, 2.24) is 0 Å². The Morgan fingerprint density at radius 2 is 1.75 bits per heavy atom. The van der Waals surface area contributed by atoms with Crippen molar-refractivity contribution in [3.63, 3.8) is 0 Å². The van der Waals surface area contributed by atoms with E-state index in [9.17, 15) is 19.7 Å². The second kappa shape index (κ2) is 7.87. The molecule has 1 unspecified atom stereocenters. The lowest BCUT2D eigenvalue weighted by Gasteiger charge is -2.17. The fourth-order valence-corrected chi connectivity index (χ4v) is 2.14. The van der Waals surface area contributed by atoms with Crippen LogP contribution in [0.2, 0.25) is 0 Å². The lowest BCUT2D eigenvalue weighted by atomic mass is 10.1. The van der Waals surface area contributed by atoms with Crippen LogP contribution >= 0.6 is 0 Å². The molecule has 0 heterocycles. The number of ether oxygens (including phenoxy) is 1. The summed E-state index contributed by atoms with van der Waals surface area (Å²) >= 11 is 0. The Bertz CT molecular complexity index is 728. The second-order valence-corrected chi connectivity index (χ2v) is 5.07. The highest BCUT2D eigenvalue weighted by molar-refractivity contribution is 5.91. The van der Waals surface area contributed by atoms with Crippen LogP contribution in [0.15, 0.2) is 54.6 Å². The fraction of sp³-hybridized carbons (Fsp3) is 0.176. The van der Waals surface area contributed by atoms with E-state index in [1.165, 1.54) is 31.2 Å². The summed E-state index contributed by atoms with van der Waals surface area (Å²) in [6.45, 7) is 1.24. The van der Waals surface area contributed by atoms with Crippen LogP contribution in [0.5, 0.6) is 0 Å². The van der Waals surface area contributed by atoms with Gasteiger partial charge in [0.05, 0.1) is 11.3 Å². The molecule has 0 saturated heterocycles. The van der Waals surface area contributed by atoms with Gasteiger partial charge in [-0.25, -0.2) is 0 Å². The predicted octanol–water partition coefficient (Wildman–Crippen LogP) is 3.23. The van der Waals surface area contributed by atoms with E-state index in [4.69, 9.17) is 4.74 Å². The average Bonchev–Trinajstić information content (AvgIpc) is 2.55. The summed E-state index contributed by atoms with van der Waals surface area (Å²) in [6.07, 6.45) is -0.904. The number of para-hydroxylation sites is 1. The van der Waals surface area contributed by atoms with E-state index >= 15 is 0 Å². The number of non-ortho nitro benzene ring substituents is 1. The Labute approximate surface area is 138 Å². The molecule has 7 nitrogen and oxygen atoms in total. The number of benzene rings is 2. The summed E-state index contributed by atoms with van der Waals surface area (Å²) in [7, 11) is 0. The zero-order chi connectivity index (χ0) is 17.5.